The second kappa shape index (κ2) is 4.61. The van der Waals surface area contributed by atoms with Crippen molar-refractivity contribution < 1.29 is 0 Å². The van der Waals surface area contributed by atoms with Crippen LogP contribution in [-0.4, -0.2) is 27.0 Å². The maximum absolute atomic E-state index is 11.6. The molecule has 0 spiro atoms. The van der Waals surface area contributed by atoms with Crippen LogP contribution < -0.4 is 10.9 Å². The number of hydrogen-bond acceptors (Lipinski definition) is 4. The highest BCUT2D eigenvalue weighted by molar-refractivity contribution is 8.00. The number of aromatic nitrogens is 2. The number of nitrogens with one attached hydrogen (secondary N) is 2. The average Bonchev–Trinajstić information content (AvgIpc) is 3.10. The minimum absolute atomic E-state index is 0.0429. The molecule has 4 nitrogen and oxygen atoms in total. The minimum atomic E-state index is -0.0429. The fourth-order valence-corrected chi connectivity index (χ4v) is 3.62. The molecule has 0 aromatic carbocycles. The van der Waals surface area contributed by atoms with E-state index in [1.54, 1.807) is 6.07 Å². The third-order valence-electron chi connectivity index (χ3n) is 3.67. The molecule has 18 heavy (non-hydrogen) atoms. The van der Waals surface area contributed by atoms with Gasteiger partial charge in [-0.05, 0) is 38.4 Å². The summed E-state index contributed by atoms with van der Waals surface area (Å²) in [7, 11) is 0. The summed E-state index contributed by atoms with van der Waals surface area (Å²) in [6.07, 6.45) is 4.84. The first-order valence-corrected chi connectivity index (χ1v) is 7.62. The van der Waals surface area contributed by atoms with Crippen LogP contribution >= 0.6 is 11.8 Å². The monoisotopic (exact) mass is 265 g/mol. The summed E-state index contributed by atoms with van der Waals surface area (Å²) < 4.78 is 0.296. The van der Waals surface area contributed by atoms with Gasteiger partial charge in [-0.15, -0.1) is 0 Å². The molecule has 1 saturated heterocycles. The van der Waals surface area contributed by atoms with Crippen LogP contribution in [0.25, 0.3) is 0 Å². The Morgan fingerprint density at radius 3 is 3.11 bits per heavy atom. The molecule has 3 rings (SSSR count). The smallest absolute Gasteiger partial charge is 0.252 e. The van der Waals surface area contributed by atoms with E-state index in [4.69, 9.17) is 0 Å². The molecule has 0 amide bonds. The van der Waals surface area contributed by atoms with Crippen LogP contribution in [0.15, 0.2) is 10.9 Å². The molecule has 2 fully saturated rings. The highest BCUT2D eigenvalue weighted by Gasteiger charge is 2.30. The molecule has 2 heterocycles. The molecule has 1 aliphatic carbocycles. The SMILES string of the molecule is CC1(CNc2cc(=O)[nH]c(C3CC3)n2)CCCS1. The number of hydrogen-bond donors (Lipinski definition) is 2. The van der Waals surface area contributed by atoms with Gasteiger partial charge in [0.25, 0.3) is 5.56 Å². The summed E-state index contributed by atoms with van der Waals surface area (Å²) in [6, 6.07) is 1.56. The molecule has 5 heteroatoms. The Bertz CT molecular complexity index is 489. The van der Waals surface area contributed by atoms with Gasteiger partial charge in [-0.1, -0.05) is 0 Å². The van der Waals surface area contributed by atoms with Gasteiger partial charge in [-0.2, -0.15) is 11.8 Å². The Morgan fingerprint density at radius 2 is 2.44 bits per heavy atom. The first-order chi connectivity index (χ1) is 8.65. The Morgan fingerprint density at radius 1 is 1.61 bits per heavy atom. The maximum Gasteiger partial charge on any atom is 0.252 e. The lowest BCUT2D eigenvalue weighted by Gasteiger charge is -2.23. The van der Waals surface area contributed by atoms with Crippen LogP contribution in [0.4, 0.5) is 5.82 Å². The van der Waals surface area contributed by atoms with Gasteiger partial charge in [0, 0.05) is 23.3 Å². The number of rotatable bonds is 4. The molecule has 2 aliphatic rings. The number of anilines is 1. The van der Waals surface area contributed by atoms with Crippen molar-refractivity contribution in [1.82, 2.24) is 9.97 Å². The average molecular weight is 265 g/mol. The van der Waals surface area contributed by atoms with Gasteiger partial charge in [-0.25, -0.2) is 4.98 Å². The molecule has 1 aromatic heterocycles. The van der Waals surface area contributed by atoms with Crippen molar-refractivity contribution in [3.8, 4) is 0 Å². The lowest BCUT2D eigenvalue weighted by Crippen LogP contribution is -2.28. The molecule has 1 saturated carbocycles. The number of aromatic amines is 1. The maximum atomic E-state index is 11.6. The third-order valence-corrected chi connectivity index (χ3v) is 5.21. The highest BCUT2D eigenvalue weighted by atomic mass is 32.2. The Balaban J connectivity index is 1.70. The Labute approximate surface area is 111 Å². The van der Waals surface area contributed by atoms with E-state index >= 15 is 0 Å². The van der Waals surface area contributed by atoms with Gasteiger partial charge in [0.2, 0.25) is 0 Å². The summed E-state index contributed by atoms with van der Waals surface area (Å²) >= 11 is 2.01. The number of H-pyrrole nitrogens is 1. The molecule has 0 bridgehead atoms. The molecule has 1 atom stereocenters. The van der Waals surface area contributed by atoms with E-state index in [1.165, 1.54) is 18.6 Å². The zero-order valence-corrected chi connectivity index (χ0v) is 11.5. The van der Waals surface area contributed by atoms with Crippen molar-refractivity contribution in [2.45, 2.75) is 43.3 Å². The van der Waals surface area contributed by atoms with Gasteiger partial charge in [-0.3, -0.25) is 4.79 Å². The van der Waals surface area contributed by atoms with E-state index in [0.717, 1.165) is 31.0 Å². The summed E-state index contributed by atoms with van der Waals surface area (Å²) in [6.45, 7) is 3.17. The number of nitrogens with zero attached hydrogens (tertiary/aromatic N) is 1. The van der Waals surface area contributed by atoms with Crippen LogP contribution in [-0.2, 0) is 0 Å². The van der Waals surface area contributed by atoms with Gasteiger partial charge in [0.1, 0.15) is 11.6 Å². The third kappa shape index (κ3) is 2.71. The second-order valence-corrected chi connectivity index (χ2v) is 7.23. The van der Waals surface area contributed by atoms with Crippen molar-refractivity contribution in [3.63, 3.8) is 0 Å². The first kappa shape index (κ1) is 12.1. The van der Waals surface area contributed by atoms with E-state index in [1.807, 2.05) is 11.8 Å². The molecule has 2 N–H and O–H groups in total. The summed E-state index contributed by atoms with van der Waals surface area (Å²) in [5.74, 6) is 3.31. The first-order valence-electron chi connectivity index (χ1n) is 6.64. The van der Waals surface area contributed by atoms with Crippen LogP contribution in [0.2, 0.25) is 0 Å². The van der Waals surface area contributed by atoms with E-state index in [9.17, 15) is 4.79 Å². The standard InChI is InChI=1S/C13H19N3OS/c1-13(5-2-6-18-13)8-14-10-7-11(17)16-12(15-10)9-3-4-9/h7,9H,2-6,8H2,1H3,(H2,14,15,16,17). The summed E-state index contributed by atoms with van der Waals surface area (Å²) in [5, 5.41) is 3.34. The van der Waals surface area contributed by atoms with Crippen LogP contribution in [0.1, 0.15) is 44.3 Å². The van der Waals surface area contributed by atoms with E-state index in [-0.39, 0.29) is 5.56 Å². The molecule has 1 unspecified atom stereocenters. The second-order valence-electron chi connectivity index (χ2n) is 5.55. The van der Waals surface area contributed by atoms with Crippen LogP contribution in [0.5, 0.6) is 0 Å². The van der Waals surface area contributed by atoms with Crippen molar-refractivity contribution in [2.24, 2.45) is 0 Å². The van der Waals surface area contributed by atoms with Gasteiger partial charge in [0.05, 0.1) is 0 Å². The molecule has 1 aromatic rings. The summed E-state index contributed by atoms with van der Waals surface area (Å²) in [5.41, 5.74) is -0.0429. The fraction of sp³-hybridized carbons (Fsp3) is 0.692. The lowest BCUT2D eigenvalue weighted by molar-refractivity contribution is 0.633. The van der Waals surface area contributed by atoms with Crippen molar-refractivity contribution in [1.29, 1.82) is 0 Å². The van der Waals surface area contributed by atoms with Gasteiger partial charge < -0.3 is 10.3 Å². The van der Waals surface area contributed by atoms with Gasteiger partial charge in [0.15, 0.2) is 0 Å². The van der Waals surface area contributed by atoms with E-state index in [0.29, 0.717) is 10.7 Å². The molecule has 98 valence electrons. The predicted octanol–water partition coefficient (Wildman–Crippen LogP) is 2.34. The summed E-state index contributed by atoms with van der Waals surface area (Å²) in [4.78, 5) is 18.9. The van der Waals surface area contributed by atoms with Gasteiger partial charge >= 0.3 is 0 Å². The normalized spacial score (nSPS) is 27.4. The predicted molar refractivity (Wildman–Crippen MR) is 75.4 cm³/mol. The van der Waals surface area contributed by atoms with E-state index < -0.39 is 0 Å². The molecular weight excluding hydrogens is 246 g/mol. The van der Waals surface area contributed by atoms with Crippen LogP contribution in [0, 0.1) is 0 Å². The Kier molecular flexibility index (Phi) is 3.09. The number of thioether (sulfide) groups is 1. The topological polar surface area (TPSA) is 57.8 Å². The van der Waals surface area contributed by atoms with Crippen LogP contribution in [0.3, 0.4) is 0 Å². The molecule has 1 aliphatic heterocycles. The van der Waals surface area contributed by atoms with Crippen molar-refractivity contribution >= 4 is 17.6 Å². The minimum Gasteiger partial charge on any atom is -0.368 e. The Hall–Kier alpha value is -0.970. The quantitative estimate of drug-likeness (QED) is 0.877. The zero-order chi connectivity index (χ0) is 12.6. The largest absolute Gasteiger partial charge is 0.368 e. The highest BCUT2D eigenvalue weighted by Crippen LogP contribution is 2.39. The lowest BCUT2D eigenvalue weighted by atomic mass is 10.1. The molecule has 0 radical (unpaired) electrons. The van der Waals surface area contributed by atoms with E-state index in [2.05, 4.69) is 22.2 Å². The molecular formula is C13H19N3OS. The van der Waals surface area contributed by atoms with Crippen molar-refractivity contribution in [3.05, 3.63) is 22.2 Å². The zero-order valence-electron chi connectivity index (χ0n) is 10.7. The van der Waals surface area contributed by atoms with Crippen molar-refractivity contribution in [2.75, 3.05) is 17.6 Å². The fourth-order valence-electron chi connectivity index (χ4n) is 2.37.